The number of rotatable bonds is 7. The van der Waals surface area contributed by atoms with E-state index < -0.39 is 5.41 Å². The molecule has 0 spiro atoms. The predicted molar refractivity (Wildman–Crippen MR) is 91.9 cm³/mol. The van der Waals surface area contributed by atoms with Crippen molar-refractivity contribution in [3.05, 3.63) is 35.4 Å². The van der Waals surface area contributed by atoms with Crippen molar-refractivity contribution in [2.45, 2.75) is 46.5 Å². The van der Waals surface area contributed by atoms with Crippen molar-refractivity contribution in [3.8, 4) is 0 Å². The highest BCUT2D eigenvalue weighted by Crippen LogP contribution is 2.25. The van der Waals surface area contributed by atoms with E-state index in [4.69, 9.17) is 5.73 Å². The summed E-state index contributed by atoms with van der Waals surface area (Å²) in [5.74, 6) is 0.396. The molecule has 1 aromatic carbocycles. The summed E-state index contributed by atoms with van der Waals surface area (Å²) < 4.78 is 0. The van der Waals surface area contributed by atoms with Crippen LogP contribution in [0.25, 0.3) is 0 Å². The Hall–Kier alpha value is -1.06. The van der Waals surface area contributed by atoms with Crippen LogP contribution in [0.4, 0.5) is 0 Å². The van der Waals surface area contributed by atoms with Crippen LogP contribution in [0, 0.1) is 12.3 Å². The first-order valence-corrected chi connectivity index (χ1v) is 7.54. The highest BCUT2D eigenvalue weighted by molar-refractivity contribution is 5.85. The number of halogens is 1. The molecule has 21 heavy (non-hydrogen) atoms. The topological polar surface area (TPSA) is 55.1 Å². The lowest BCUT2D eigenvalue weighted by Gasteiger charge is -2.29. The van der Waals surface area contributed by atoms with Gasteiger partial charge < -0.3 is 11.1 Å². The van der Waals surface area contributed by atoms with E-state index in [1.807, 2.05) is 13.8 Å². The van der Waals surface area contributed by atoms with E-state index in [2.05, 4.69) is 43.4 Å². The number of nitrogens with one attached hydrogen (secondary N) is 1. The molecular formula is C17H29ClN2O. The molecule has 0 fully saturated rings. The van der Waals surface area contributed by atoms with Gasteiger partial charge >= 0.3 is 0 Å². The zero-order chi connectivity index (χ0) is 15.2. The molecule has 1 unspecified atom stereocenters. The second-order valence-electron chi connectivity index (χ2n) is 5.71. The van der Waals surface area contributed by atoms with Gasteiger partial charge in [-0.15, -0.1) is 12.4 Å². The van der Waals surface area contributed by atoms with Gasteiger partial charge in [-0.2, -0.15) is 0 Å². The van der Waals surface area contributed by atoms with Crippen LogP contribution in [0.3, 0.4) is 0 Å². The van der Waals surface area contributed by atoms with Gasteiger partial charge in [0.05, 0.1) is 5.41 Å². The summed E-state index contributed by atoms with van der Waals surface area (Å²) in [6, 6.07) is 8.47. The van der Waals surface area contributed by atoms with Gasteiger partial charge in [0.25, 0.3) is 0 Å². The number of aryl methyl sites for hydroxylation is 1. The second-order valence-corrected chi connectivity index (χ2v) is 5.71. The molecule has 120 valence electrons. The number of hydrogen-bond acceptors (Lipinski definition) is 2. The van der Waals surface area contributed by atoms with Gasteiger partial charge in [0, 0.05) is 13.1 Å². The Kier molecular flexibility index (Phi) is 8.60. The highest BCUT2D eigenvalue weighted by Gasteiger charge is 2.33. The fourth-order valence-corrected chi connectivity index (χ4v) is 2.40. The summed E-state index contributed by atoms with van der Waals surface area (Å²) in [6.07, 6.45) is 1.56. The van der Waals surface area contributed by atoms with E-state index in [-0.39, 0.29) is 18.3 Å². The standard InChI is InChI=1S/C17H28N2O.ClH/c1-5-17(6-2,12-18)16(20)19-11-14(4)15-9-7-13(3)8-10-15;/h7-10,14H,5-6,11-12,18H2,1-4H3,(H,19,20);1H. The van der Waals surface area contributed by atoms with Crippen LogP contribution in [0.1, 0.15) is 50.7 Å². The molecular weight excluding hydrogens is 284 g/mol. The summed E-state index contributed by atoms with van der Waals surface area (Å²) in [5.41, 5.74) is 7.90. The lowest BCUT2D eigenvalue weighted by atomic mass is 9.81. The number of carbonyl (C=O) groups is 1. The maximum atomic E-state index is 12.4. The summed E-state index contributed by atoms with van der Waals surface area (Å²) in [7, 11) is 0. The number of nitrogens with two attached hydrogens (primary N) is 1. The van der Waals surface area contributed by atoms with Crippen molar-refractivity contribution < 1.29 is 4.79 Å². The van der Waals surface area contributed by atoms with Gasteiger partial charge in [-0.1, -0.05) is 50.6 Å². The summed E-state index contributed by atoms with van der Waals surface area (Å²) in [6.45, 7) is 9.33. The van der Waals surface area contributed by atoms with E-state index in [9.17, 15) is 4.79 Å². The number of carbonyl (C=O) groups excluding carboxylic acids is 1. The fourth-order valence-electron chi connectivity index (χ4n) is 2.40. The maximum Gasteiger partial charge on any atom is 0.227 e. The van der Waals surface area contributed by atoms with E-state index in [0.717, 1.165) is 12.8 Å². The first kappa shape index (κ1) is 19.9. The quantitative estimate of drug-likeness (QED) is 0.810. The Morgan fingerprint density at radius 1 is 1.24 bits per heavy atom. The Morgan fingerprint density at radius 3 is 2.19 bits per heavy atom. The third-order valence-electron chi connectivity index (χ3n) is 4.44. The van der Waals surface area contributed by atoms with Crippen LogP contribution in [0.15, 0.2) is 24.3 Å². The maximum absolute atomic E-state index is 12.4. The summed E-state index contributed by atoms with van der Waals surface area (Å²) >= 11 is 0. The molecule has 0 aromatic heterocycles. The Balaban J connectivity index is 0.00000400. The molecule has 0 aliphatic heterocycles. The van der Waals surface area contributed by atoms with Gasteiger partial charge in [0.1, 0.15) is 0 Å². The highest BCUT2D eigenvalue weighted by atomic mass is 35.5. The third kappa shape index (κ3) is 5.01. The van der Waals surface area contributed by atoms with Gasteiger partial charge in [-0.3, -0.25) is 4.79 Å². The number of hydrogen-bond donors (Lipinski definition) is 2. The molecule has 0 saturated carbocycles. The molecule has 3 nitrogen and oxygen atoms in total. The monoisotopic (exact) mass is 312 g/mol. The fraction of sp³-hybridized carbons (Fsp3) is 0.588. The summed E-state index contributed by atoms with van der Waals surface area (Å²) in [5, 5.41) is 3.07. The first-order chi connectivity index (χ1) is 9.49. The zero-order valence-electron chi connectivity index (χ0n) is 13.6. The SMILES string of the molecule is CCC(CC)(CN)C(=O)NCC(C)c1ccc(C)cc1.Cl. The molecule has 1 amide bonds. The first-order valence-electron chi connectivity index (χ1n) is 7.54. The molecule has 3 N–H and O–H groups in total. The van der Waals surface area contributed by atoms with Crippen LogP contribution in [0.5, 0.6) is 0 Å². The van der Waals surface area contributed by atoms with Gasteiger partial charge in [-0.05, 0) is 31.2 Å². The van der Waals surface area contributed by atoms with Crippen LogP contribution in [0.2, 0.25) is 0 Å². The van der Waals surface area contributed by atoms with E-state index in [0.29, 0.717) is 19.0 Å². The molecule has 1 atom stereocenters. The molecule has 0 aliphatic rings. The lowest BCUT2D eigenvalue weighted by Crippen LogP contribution is -2.46. The minimum Gasteiger partial charge on any atom is -0.355 e. The van der Waals surface area contributed by atoms with E-state index in [1.165, 1.54) is 11.1 Å². The van der Waals surface area contributed by atoms with Crippen LogP contribution in [-0.4, -0.2) is 19.0 Å². The van der Waals surface area contributed by atoms with Crippen molar-refractivity contribution >= 4 is 18.3 Å². The largest absolute Gasteiger partial charge is 0.355 e. The molecule has 0 saturated heterocycles. The molecule has 4 heteroatoms. The Bertz CT molecular complexity index is 419. The molecule has 0 bridgehead atoms. The molecule has 1 aromatic rings. The van der Waals surface area contributed by atoms with Crippen molar-refractivity contribution in [3.63, 3.8) is 0 Å². The van der Waals surface area contributed by atoms with Crippen LogP contribution >= 0.6 is 12.4 Å². The second kappa shape index (κ2) is 9.06. The third-order valence-corrected chi connectivity index (χ3v) is 4.44. The minimum absolute atomic E-state index is 0. The summed E-state index contributed by atoms with van der Waals surface area (Å²) in [4.78, 5) is 12.4. The van der Waals surface area contributed by atoms with Crippen LogP contribution < -0.4 is 11.1 Å². The molecule has 0 radical (unpaired) electrons. The average molecular weight is 313 g/mol. The van der Waals surface area contributed by atoms with Gasteiger partial charge in [0.2, 0.25) is 5.91 Å². The zero-order valence-corrected chi connectivity index (χ0v) is 14.4. The number of amides is 1. The molecule has 0 heterocycles. The van der Waals surface area contributed by atoms with E-state index in [1.54, 1.807) is 0 Å². The van der Waals surface area contributed by atoms with Gasteiger partial charge in [-0.25, -0.2) is 0 Å². The predicted octanol–water partition coefficient (Wildman–Crippen LogP) is 3.40. The Morgan fingerprint density at radius 2 is 1.76 bits per heavy atom. The van der Waals surface area contributed by atoms with Crippen molar-refractivity contribution in [2.75, 3.05) is 13.1 Å². The molecule has 0 aliphatic carbocycles. The van der Waals surface area contributed by atoms with Crippen molar-refractivity contribution in [1.82, 2.24) is 5.32 Å². The lowest BCUT2D eigenvalue weighted by molar-refractivity contribution is -0.131. The smallest absolute Gasteiger partial charge is 0.227 e. The minimum atomic E-state index is -0.410. The normalized spacial score (nSPS) is 12.4. The van der Waals surface area contributed by atoms with Crippen molar-refractivity contribution in [2.24, 2.45) is 11.1 Å². The van der Waals surface area contributed by atoms with Gasteiger partial charge in [0.15, 0.2) is 0 Å². The Labute approximate surface area is 135 Å². The van der Waals surface area contributed by atoms with E-state index >= 15 is 0 Å². The van der Waals surface area contributed by atoms with Crippen LogP contribution in [-0.2, 0) is 4.79 Å². The number of benzene rings is 1. The van der Waals surface area contributed by atoms with Crippen molar-refractivity contribution in [1.29, 1.82) is 0 Å². The average Bonchev–Trinajstić information content (AvgIpc) is 2.48. The molecule has 1 rings (SSSR count).